The minimum atomic E-state index is -1.57. The first-order valence-corrected chi connectivity index (χ1v) is 6.00. The van der Waals surface area contributed by atoms with Crippen LogP contribution in [-0.2, 0) is 23.8 Å². The zero-order chi connectivity index (χ0) is 14.7. The first-order chi connectivity index (χ1) is 8.99. The molecular weight excluding hydrogens is 252 g/mol. The van der Waals surface area contributed by atoms with Gasteiger partial charge in [-0.05, 0) is 12.8 Å². The van der Waals surface area contributed by atoms with Crippen molar-refractivity contribution in [3.63, 3.8) is 0 Å². The number of carboxylic acids is 1. The van der Waals surface area contributed by atoms with Crippen molar-refractivity contribution in [1.29, 1.82) is 0 Å². The molecule has 0 spiro atoms. The van der Waals surface area contributed by atoms with Crippen molar-refractivity contribution in [2.24, 2.45) is 0 Å². The number of carboxylic acid groups (broad SMARTS) is 1. The first kappa shape index (κ1) is 17.0. The van der Waals surface area contributed by atoms with Crippen LogP contribution in [-0.4, -0.2) is 23.0 Å². The highest BCUT2D eigenvalue weighted by molar-refractivity contribution is 5.71. The fraction of sp³-hybridized carbons (Fsp3) is 0.538. The van der Waals surface area contributed by atoms with E-state index in [-0.39, 0.29) is 19.3 Å². The van der Waals surface area contributed by atoms with Crippen molar-refractivity contribution < 1.29 is 28.9 Å². The molecular formula is C13H20O6. The van der Waals surface area contributed by atoms with Crippen molar-refractivity contribution in [3.05, 3.63) is 25.7 Å². The van der Waals surface area contributed by atoms with Gasteiger partial charge in [0.2, 0.25) is 0 Å². The molecule has 0 unspecified atom stereocenters. The Kier molecular flexibility index (Phi) is 8.08. The molecule has 0 amide bonds. The van der Waals surface area contributed by atoms with Gasteiger partial charge in [-0.1, -0.05) is 20.1 Å². The Morgan fingerprint density at radius 3 is 2.21 bits per heavy atom. The van der Waals surface area contributed by atoms with Crippen molar-refractivity contribution in [3.8, 4) is 0 Å². The third-order valence-corrected chi connectivity index (χ3v) is 2.12. The van der Waals surface area contributed by atoms with E-state index in [2.05, 4.69) is 13.2 Å². The van der Waals surface area contributed by atoms with Gasteiger partial charge in [-0.25, -0.2) is 0 Å². The van der Waals surface area contributed by atoms with Crippen LogP contribution in [0.2, 0.25) is 0 Å². The second-order valence-corrected chi connectivity index (χ2v) is 3.72. The number of esters is 1. The molecule has 6 heteroatoms. The molecule has 0 aliphatic heterocycles. The number of ether oxygens (including phenoxy) is 3. The van der Waals surface area contributed by atoms with Crippen molar-refractivity contribution in [2.45, 2.75) is 45.0 Å². The molecule has 108 valence electrons. The van der Waals surface area contributed by atoms with E-state index in [4.69, 9.17) is 19.3 Å². The van der Waals surface area contributed by atoms with Gasteiger partial charge in [-0.15, -0.1) is 0 Å². The highest BCUT2D eigenvalue weighted by Crippen LogP contribution is 2.24. The lowest BCUT2D eigenvalue weighted by Crippen LogP contribution is -2.38. The van der Waals surface area contributed by atoms with Crippen LogP contribution in [0.25, 0.3) is 0 Å². The molecule has 0 aromatic rings. The summed E-state index contributed by atoms with van der Waals surface area (Å²) in [5, 5.41) is 8.48. The van der Waals surface area contributed by atoms with E-state index < -0.39 is 17.9 Å². The minimum absolute atomic E-state index is 0.0290. The monoisotopic (exact) mass is 272 g/mol. The fourth-order valence-electron chi connectivity index (χ4n) is 1.41. The molecule has 6 nitrogen and oxygen atoms in total. The van der Waals surface area contributed by atoms with Crippen LogP contribution >= 0.6 is 0 Å². The van der Waals surface area contributed by atoms with Gasteiger partial charge in [0.05, 0.1) is 18.9 Å². The fourth-order valence-corrected chi connectivity index (χ4v) is 1.41. The molecule has 0 heterocycles. The summed E-state index contributed by atoms with van der Waals surface area (Å²) in [5.41, 5.74) is 0. The van der Waals surface area contributed by atoms with Crippen LogP contribution in [0.3, 0.4) is 0 Å². The van der Waals surface area contributed by atoms with E-state index in [0.717, 1.165) is 12.5 Å². The highest BCUT2D eigenvalue weighted by atomic mass is 16.9. The number of carbonyl (C=O) groups excluding carboxylic acids is 1. The van der Waals surface area contributed by atoms with Gasteiger partial charge in [-0.2, -0.15) is 0 Å². The van der Waals surface area contributed by atoms with Crippen molar-refractivity contribution in [2.75, 3.05) is 0 Å². The summed E-state index contributed by atoms with van der Waals surface area (Å²) in [5.74, 6) is -3.13. The standard InChI is InChI=1S/C13H20O6/c1-4-10-13(17-5-2,18-6-3)19-12(16)9-7-8-11(14)15/h5-6H,2-4,7-10H2,1H3,(H,14,15). The molecule has 0 aliphatic rings. The molecule has 0 atom stereocenters. The predicted octanol–water partition coefficient (Wildman–Crippen LogP) is 2.56. The molecule has 0 saturated carbocycles. The smallest absolute Gasteiger partial charge is 0.418 e. The summed E-state index contributed by atoms with van der Waals surface area (Å²) in [4.78, 5) is 22.0. The topological polar surface area (TPSA) is 82.1 Å². The largest absolute Gasteiger partial charge is 0.481 e. The lowest BCUT2D eigenvalue weighted by molar-refractivity contribution is -0.325. The Hall–Kier alpha value is -1.98. The molecule has 0 aromatic heterocycles. The van der Waals surface area contributed by atoms with E-state index in [1.807, 2.05) is 6.92 Å². The SMILES string of the molecule is C=COC(CCC)(OC=C)OC(=O)CCCC(=O)O. The van der Waals surface area contributed by atoms with Gasteiger partial charge in [0.1, 0.15) is 0 Å². The van der Waals surface area contributed by atoms with Gasteiger partial charge >= 0.3 is 17.9 Å². The Labute approximate surface area is 112 Å². The molecule has 0 fully saturated rings. The molecule has 0 bridgehead atoms. The molecule has 0 saturated heterocycles. The van der Waals surface area contributed by atoms with Gasteiger partial charge < -0.3 is 19.3 Å². The molecule has 1 N–H and O–H groups in total. The van der Waals surface area contributed by atoms with Crippen LogP contribution in [0.4, 0.5) is 0 Å². The molecule has 19 heavy (non-hydrogen) atoms. The van der Waals surface area contributed by atoms with Gasteiger partial charge in [0.15, 0.2) is 0 Å². The molecule has 0 aliphatic carbocycles. The number of hydrogen-bond acceptors (Lipinski definition) is 5. The maximum Gasteiger partial charge on any atom is 0.418 e. The minimum Gasteiger partial charge on any atom is -0.481 e. The Morgan fingerprint density at radius 1 is 1.21 bits per heavy atom. The van der Waals surface area contributed by atoms with Gasteiger partial charge in [-0.3, -0.25) is 9.59 Å². The zero-order valence-corrected chi connectivity index (χ0v) is 11.1. The van der Waals surface area contributed by atoms with E-state index >= 15 is 0 Å². The van der Waals surface area contributed by atoms with E-state index in [9.17, 15) is 9.59 Å². The Morgan fingerprint density at radius 2 is 1.79 bits per heavy atom. The normalized spacial score (nSPS) is 10.4. The van der Waals surface area contributed by atoms with E-state index in [1.54, 1.807) is 0 Å². The number of aliphatic carboxylic acids is 1. The zero-order valence-electron chi connectivity index (χ0n) is 11.1. The molecule has 0 rings (SSSR count). The van der Waals surface area contributed by atoms with Gasteiger partial charge in [0.25, 0.3) is 0 Å². The summed E-state index contributed by atoms with van der Waals surface area (Å²) in [6, 6.07) is 0. The van der Waals surface area contributed by atoms with Crippen LogP contribution in [0.1, 0.15) is 39.0 Å². The summed E-state index contributed by atoms with van der Waals surface area (Å²) in [7, 11) is 0. The third-order valence-electron chi connectivity index (χ3n) is 2.12. The molecule has 0 aromatic carbocycles. The molecule has 0 radical (unpaired) electrons. The van der Waals surface area contributed by atoms with Crippen LogP contribution in [0.5, 0.6) is 0 Å². The van der Waals surface area contributed by atoms with Crippen LogP contribution < -0.4 is 0 Å². The maximum absolute atomic E-state index is 11.6. The number of rotatable bonds is 11. The van der Waals surface area contributed by atoms with Gasteiger partial charge in [0, 0.05) is 12.8 Å². The lowest BCUT2D eigenvalue weighted by atomic mass is 10.2. The quantitative estimate of drug-likeness (QED) is 0.353. The van der Waals surface area contributed by atoms with Crippen LogP contribution in [0.15, 0.2) is 25.7 Å². The van der Waals surface area contributed by atoms with Crippen molar-refractivity contribution in [1.82, 2.24) is 0 Å². The average molecular weight is 272 g/mol. The van der Waals surface area contributed by atoms with Crippen molar-refractivity contribution >= 4 is 11.9 Å². The third kappa shape index (κ3) is 7.13. The summed E-state index contributed by atoms with van der Waals surface area (Å²) >= 11 is 0. The number of carbonyl (C=O) groups is 2. The summed E-state index contributed by atoms with van der Waals surface area (Å²) < 4.78 is 15.4. The average Bonchev–Trinajstić information content (AvgIpc) is 2.29. The van der Waals surface area contributed by atoms with E-state index in [0.29, 0.717) is 12.8 Å². The maximum atomic E-state index is 11.6. The lowest BCUT2D eigenvalue weighted by Gasteiger charge is -2.30. The summed E-state index contributed by atoms with van der Waals surface area (Å²) in [6.07, 6.45) is 3.24. The Balaban J connectivity index is 4.51. The highest BCUT2D eigenvalue weighted by Gasteiger charge is 2.36. The van der Waals surface area contributed by atoms with Crippen LogP contribution in [0, 0.1) is 0 Å². The Bertz CT molecular complexity index is 313. The number of hydrogen-bond donors (Lipinski definition) is 1. The second kappa shape index (κ2) is 9.02. The first-order valence-electron chi connectivity index (χ1n) is 6.00. The van der Waals surface area contributed by atoms with E-state index in [1.165, 1.54) is 0 Å². The predicted molar refractivity (Wildman–Crippen MR) is 67.8 cm³/mol. The second-order valence-electron chi connectivity index (χ2n) is 3.72. The summed E-state index contributed by atoms with van der Waals surface area (Å²) in [6.45, 7) is 8.66.